The zero-order chi connectivity index (χ0) is 14.3. The average Bonchev–Trinajstić information content (AvgIpc) is 2.35. The second-order valence-corrected chi connectivity index (χ2v) is 4.49. The third kappa shape index (κ3) is 5.42. The maximum Gasteiger partial charge on any atom is 0.229 e. The molecule has 1 aromatic carbocycles. The fraction of sp³-hybridized carbons (Fsp3) is 0.429. The van der Waals surface area contributed by atoms with Crippen molar-refractivity contribution in [3.05, 3.63) is 29.8 Å². The van der Waals surface area contributed by atoms with E-state index in [0.717, 1.165) is 11.3 Å². The van der Waals surface area contributed by atoms with E-state index in [1.165, 1.54) is 0 Å². The molecule has 5 heteroatoms. The minimum atomic E-state index is -0.302. The lowest BCUT2D eigenvalue weighted by Gasteiger charge is -2.10. The first-order valence-corrected chi connectivity index (χ1v) is 6.21. The van der Waals surface area contributed by atoms with Gasteiger partial charge in [0.25, 0.3) is 0 Å². The monoisotopic (exact) mass is 264 g/mol. The second-order valence-electron chi connectivity index (χ2n) is 4.49. The van der Waals surface area contributed by atoms with Gasteiger partial charge >= 0.3 is 0 Å². The summed E-state index contributed by atoms with van der Waals surface area (Å²) >= 11 is 0. The molecule has 0 heterocycles. The number of amides is 2. The number of methoxy groups -OCH3 is 1. The fourth-order valence-electron chi connectivity index (χ4n) is 1.62. The molecule has 1 aromatic rings. The Morgan fingerprint density at radius 2 is 1.89 bits per heavy atom. The van der Waals surface area contributed by atoms with Crippen LogP contribution in [0.15, 0.2) is 24.3 Å². The molecular formula is C14H20N2O3. The van der Waals surface area contributed by atoms with Gasteiger partial charge in [-0.25, -0.2) is 0 Å². The molecule has 0 aliphatic heterocycles. The summed E-state index contributed by atoms with van der Waals surface area (Å²) in [5, 5.41) is 5.37. The molecule has 0 radical (unpaired) electrons. The Morgan fingerprint density at radius 1 is 1.21 bits per heavy atom. The zero-order valence-corrected chi connectivity index (χ0v) is 11.5. The summed E-state index contributed by atoms with van der Waals surface area (Å²) < 4.78 is 5.18. The summed E-state index contributed by atoms with van der Waals surface area (Å²) in [6.45, 7) is 4.05. The van der Waals surface area contributed by atoms with E-state index in [9.17, 15) is 9.59 Å². The van der Waals surface area contributed by atoms with E-state index in [4.69, 9.17) is 4.74 Å². The largest absolute Gasteiger partial charge is 0.496 e. The van der Waals surface area contributed by atoms with Crippen molar-refractivity contribution < 1.29 is 14.3 Å². The van der Waals surface area contributed by atoms with Crippen LogP contribution in [0.5, 0.6) is 5.75 Å². The van der Waals surface area contributed by atoms with Gasteiger partial charge in [-0.1, -0.05) is 18.2 Å². The Kier molecular flexibility index (Phi) is 5.85. The molecule has 0 atom stereocenters. The number of hydrogen-bond donors (Lipinski definition) is 2. The van der Waals surface area contributed by atoms with Gasteiger partial charge in [-0.3, -0.25) is 9.59 Å². The predicted octanol–water partition coefficient (Wildman–Crippen LogP) is 1.23. The third-order valence-corrected chi connectivity index (χ3v) is 2.44. The minimum absolute atomic E-state index is 0.0366. The molecule has 2 amide bonds. The first kappa shape index (κ1) is 15.0. The van der Waals surface area contributed by atoms with Crippen LogP contribution in [-0.2, 0) is 16.1 Å². The van der Waals surface area contributed by atoms with Gasteiger partial charge in [-0.05, 0) is 19.9 Å². The van der Waals surface area contributed by atoms with Gasteiger partial charge in [-0.2, -0.15) is 0 Å². The van der Waals surface area contributed by atoms with Crippen molar-refractivity contribution in [3.8, 4) is 5.75 Å². The Hall–Kier alpha value is -2.04. The van der Waals surface area contributed by atoms with Crippen molar-refractivity contribution in [2.75, 3.05) is 7.11 Å². The van der Waals surface area contributed by atoms with Crippen molar-refractivity contribution in [2.24, 2.45) is 0 Å². The van der Waals surface area contributed by atoms with Crippen LogP contribution in [0.25, 0.3) is 0 Å². The highest BCUT2D eigenvalue weighted by atomic mass is 16.5. The topological polar surface area (TPSA) is 67.4 Å². The normalized spacial score (nSPS) is 10.1. The highest BCUT2D eigenvalue weighted by Crippen LogP contribution is 2.16. The van der Waals surface area contributed by atoms with Crippen LogP contribution in [-0.4, -0.2) is 25.0 Å². The molecule has 0 spiro atoms. The molecule has 0 saturated heterocycles. The van der Waals surface area contributed by atoms with E-state index in [1.54, 1.807) is 7.11 Å². The average molecular weight is 264 g/mol. The van der Waals surface area contributed by atoms with E-state index < -0.39 is 0 Å². The maximum atomic E-state index is 11.6. The second kappa shape index (κ2) is 7.41. The molecule has 5 nitrogen and oxygen atoms in total. The molecule has 0 aromatic heterocycles. The van der Waals surface area contributed by atoms with Gasteiger partial charge in [0.2, 0.25) is 11.8 Å². The molecule has 0 aliphatic carbocycles. The lowest BCUT2D eigenvalue weighted by molar-refractivity contribution is -0.129. The number of benzene rings is 1. The molecule has 104 valence electrons. The third-order valence-electron chi connectivity index (χ3n) is 2.44. The molecule has 0 aliphatic rings. The molecular weight excluding hydrogens is 244 g/mol. The van der Waals surface area contributed by atoms with Crippen LogP contribution in [0.4, 0.5) is 0 Å². The number of para-hydroxylation sites is 1. The summed E-state index contributed by atoms with van der Waals surface area (Å²) in [7, 11) is 1.58. The molecule has 19 heavy (non-hydrogen) atoms. The van der Waals surface area contributed by atoms with Gasteiger partial charge in [0.15, 0.2) is 0 Å². The Balaban J connectivity index is 2.44. The number of rotatable bonds is 6. The highest BCUT2D eigenvalue weighted by molar-refractivity contribution is 5.96. The van der Waals surface area contributed by atoms with Crippen LogP contribution >= 0.6 is 0 Å². The summed E-state index contributed by atoms with van der Waals surface area (Å²) in [5.41, 5.74) is 0.877. The number of ether oxygens (including phenoxy) is 1. The first-order chi connectivity index (χ1) is 9.02. The summed E-state index contributed by atoms with van der Waals surface area (Å²) in [6.07, 6.45) is -0.159. The number of carbonyl (C=O) groups is 2. The van der Waals surface area contributed by atoms with E-state index in [-0.39, 0.29) is 24.3 Å². The zero-order valence-electron chi connectivity index (χ0n) is 11.5. The van der Waals surface area contributed by atoms with Crippen molar-refractivity contribution in [2.45, 2.75) is 32.9 Å². The smallest absolute Gasteiger partial charge is 0.229 e. The highest BCUT2D eigenvalue weighted by Gasteiger charge is 2.10. The van der Waals surface area contributed by atoms with Crippen molar-refractivity contribution >= 4 is 11.8 Å². The van der Waals surface area contributed by atoms with Gasteiger partial charge in [0, 0.05) is 18.2 Å². The van der Waals surface area contributed by atoms with Crippen molar-refractivity contribution in [3.63, 3.8) is 0 Å². The van der Waals surface area contributed by atoms with Crippen LogP contribution in [0.1, 0.15) is 25.8 Å². The summed E-state index contributed by atoms with van der Waals surface area (Å²) in [4.78, 5) is 23.0. The van der Waals surface area contributed by atoms with Gasteiger partial charge in [0.1, 0.15) is 12.2 Å². The van der Waals surface area contributed by atoms with Crippen LogP contribution in [0, 0.1) is 0 Å². The van der Waals surface area contributed by atoms with E-state index in [2.05, 4.69) is 10.6 Å². The van der Waals surface area contributed by atoms with Crippen LogP contribution < -0.4 is 15.4 Å². The summed E-state index contributed by atoms with van der Waals surface area (Å²) in [6, 6.07) is 7.46. The standard InChI is InChI=1S/C14H20N2O3/c1-10(2)16-14(18)8-13(17)15-9-11-6-4-5-7-12(11)19-3/h4-7,10H,8-9H2,1-3H3,(H,15,17)(H,16,18). The molecule has 0 fully saturated rings. The fourth-order valence-corrected chi connectivity index (χ4v) is 1.62. The molecule has 0 unspecified atom stereocenters. The van der Waals surface area contributed by atoms with E-state index in [0.29, 0.717) is 6.54 Å². The van der Waals surface area contributed by atoms with Gasteiger partial charge in [0.05, 0.1) is 7.11 Å². The van der Waals surface area contributed by atoms with Gasteiger partial charge in [-0.15, -0.1) is 0 Å². The van der Waals surface area contributed by atoms with Crippen LogP contribution in [0.2, 0.25) is 0 Å². The Bertz CT molecular complexity index is 444. The van der Waals surface area contributed by atoms with Crippen molar-refractivity contribution in [1.82, 2.24) is 10.6 Å². The van der Waals surface area contributed by atoms with Gasteiger partial charge < -0.3 is 15.4 Å². The predicted molar refractivity (Wildman–Crippen MR) is 72.7 cm³/mol. The van der Waals surface area contributed by atoms with Crippen LogP contribution in [0.3, 0.4) is 0 Å². The molecule has 2 N–H and O–H groups in total. The van der Waals surface area contributed by atoms with Crippen molar-refractivity contribution in [1.29, 1.82) is 0 Å². The Morgan fingerprint density at radius 3 is 2.53 bits per heavy atom. The number of carbonyl (C=O) groups excluding carboxylic acids is 2. The first-order valence-electron chi connectivity index (χ1n) is 6.21. The molecule has 0 saturated carbocycles. The lowest BCUT2D eigenvalue weighted by Crippen LogP contribution is -2.35. The molecule has 0 bridgehead atoms. The van der Waals surface area contributed by atoms with E-state index in [1.807, 2.05) is 38.1 Å². The van der Waals surface area contributed by atoms with E-state index >= 15 is 0 Å². The Labute approximate surface area is 113 Å². The summed E-state index contributed by atoms with van der Waals surface area (Å²) in [5.74, 6) is 0.144. The maximum absolute atomic E-state index is 11.6. The SMILES string of the molecule is COc1ccccc1CNC(=O)CC(=O)NC(C)C. The molecule has 1 rings (SSSR count). The number of nitrogens with one attached hydrogen (secondary N) is 2. The lowest BCUT2D eigenvalue weighted by atomic mass is 10.2. The minimum Gasteiger partial charge on any atom is -0.496 e. The quantitative estimate of drug-likeness (QED) is 0.759. The number of hydrogen-bond acceptors (Lipinski definition) is 3.